The van der Waals surface area contributed by atoms with Crippen LogP contribution in [-0.4, -0.2) is 33.5 Å². The van der Waals surface area contributed by atoms with Gasteiger partial charge in [0.15, 0.2) is 0 Å². The molecule has 0 N–H and O–H groups in total. The van der Waals surface area contributed by atoms with Crippen molar-refractivity contribution in [2.75, 3.05) is 33.5 Å². The van der Waals surface area contributed by atoms with Gasteiger partial charge in [0.05, 0.1) is 19.8 Å². The Labute approximate surface area is 117 Å². The predicted molar refractivity (Wildman–Crippen MR) is 76.8 cm³/mol. The van der Waals surface area contributed by atoms with Crippen molar-refractivity contribution in [2.45, 2.75) is 13.8 Å². The summed E-state index contributed by atoms with van der Waals surface area (Å²) >= 11 is 2.31. The van der Waals surface area contributed by atoms with Gasteiger partial charge in [-0.2, -0.15) is 0 Å². The maximum Gasteiger partial charge on any atom is 0.125 e. The molecule has 0 aliphatic rings. The molecular weight excluding hydrogens is 331 g/mol. The van der Waals surface area contributed by atoms with Crippen LogP contribution in [0, 0.1) is 17.4 Å². The van der Waals surface area contributed by atoms with Crippen LogP contribution in [0.25, 0.3) is 0 Å². The Balaban J connectivity index is 2.36. The third-order valence-corrected chi connectivity index (χ3v) is 2.95. The van der Waals surface area contributed by atoms with E-state index in [-0.39, 0.29) is 0 Å². The van der Waals surface area contributed by atoms with Crippen LogP contribution in [0.3, 0.4) is 0 Å². The number of ether oxygens (including phenoxy) is 3. The van der Waals surface area contributed by atoms with E-state index in [4.69, 9.17) is 14.2 Å². The van der Waals surface area contributed by atoms with Crippen molar-refractivity contribution in [3.05, 3.63) is 26.8 Å². The van der Waals surface area contributed by atoms with Gasteiger partial charge >= 0.3 is 0 Å². The van der Waals surface area contributed by atoms with Gasteiger partial charge in [-0.1, -0.05) is 0 Å². The first-order valence-corrected chi connectivity index (χ1v) is 6.69. The first-order valence-electron chi connectivity index (χ1n) is 5.61. The molecule has 0 aliphatic carbocycles. The number of aryl methyl sites for hydroxylation is 2. The Morgan fingerprint density at radius 2 is 1.59 bits per heavy atom. The number of halogens is 1. The van der Waals surface area contributed by atoms with E-state index in [0.717, 1.165) is 5.75 Å². The van der Waals surface area contributed by atoms with Gasteiger partial charge in [-0.25, -0.2) is 0 Å². The highest BCUT2D eigenvalue weighted by molar-refractivity contribution is 14.1. The van der Waals surface area contributed by atoms with Crippen molar-refractivity contribution in [1.82, 2.24) is 0 Å². The van der Waals surface area contributed by atoms with E-state index >= 15 is 0 Å². The van der Waals surface area contributed by atoms with Crippen LogP contribution in [-0.2, 0) is 9.47 Å². The summed E-state index contributed by atoms with van der Waals surface area (Å²) in [6.07, 6.45) is 0. The van der Waals surface area contributed by atoms with E-state index in [1.807, 2.05) is 0 Å². The molecule has 3 nitrogen and oxygen atoms in total. The molecule has 17 heavy (non-hydrogen) atoms. The Morgan fingerprint density at radius 3 is 2.18 bits per heavy atom. The van der Waals surface area contributed by atoms with Crippen LogP contribution in [0.15, 0.2) is 12.1 Å². The lowest BCUT2D eigenvalue weighted by Gasteiger charge is -2.12. The molecule has 96 valence electrons. The highest BCUT2D eigenvalue weighted by atomic mass is 127. The smallest absolute Gasteiger partial charge is 0.125 e. The summed E-state index contributed by atoms with van der Waals surface area (Å²) in [5.74, 6) is 0.973. The Hall–Kier alpha value is -0.330. The summed E-state index contributed by atoms with van der Waals surface area (Å²) in [5.41, 5.74) is 2.34. The number of rotatable bonds is 7. The second kappa shape index (κ2) is 7.89. The Kier molecular flexibility index (Phi) is 6.84. The van der Waals surface area contributed by atoms with Gasteiger partial charge in [-0.3, -0.25) is 0 Å². The molecule has 0 saturated carbocycles. The van der Waals surface area contributed by atoms with E-state index in [2.05, 4.69) is 48.6 Å². The van der Waals surface area contributed by atoms with Gasteiger partial charge in [0.1, 0.15) is 12.4 Å². The summed E-state index contributed by atoms with van der Waals surface area (Å²) in [7, 11) is 1.66. The molecule has 0 aliphatic heterocycles. The number of hydrogen-bond donors (Lipinski definition) is 0. The number of hydrogen-bond acceptors (Lipinski definition) is 3. The van der Waals surface area contributed by atoms with E-state index in [0.29, 0.717) is 26.4 Å². The molecule has 0 spiro atoms. The number of methoxy groups -OCH3 is 1. The lowest BCUT2D eigenvalue weighted by Crippen LogP contribution is -2.11. The van der Waals surface area contributed by atoms with E-state index < -0.39 is 0 Å². The molecule has 1 aromatic carbocycles. The second-order valence-electron chi connectivity index (χ2n) is 3.82. The lowest BCUT2D eigenvalue weighted by molar-refractivity contribution is 0.0542. The van der Waals surface area contributed by atoms with E-state index in [9.17, 15) is 0 Å². The summed E-state index contributed by atoms with van der Waals surface area (Å²) in [4.78, 5) is 0. The molecule has 0 fully saturated rings. The molecule has 4 heteroatoms. The largest absolute Gasteiger partial charge is 0.491 e. The molecule has 0 saturated heterocycles. The van der Waals surface area contributed by atoms with Crippen LogP contribution in [0.1, 0.15) is 11.1 Å². The summed E-state index contributed by atoms with van der Waals surface area (Å²) < 4.78 is 17.2. The van der Waals surface area contributed by atoms with Gasteiger partial charge in [0, 0.05) is 10.7 Å². The van der Waals surface area contributed by atoms with Crippen LogP contribution in [0.4, 0.5) is 0 Å². The Morgan fingerprint density at radius 1 is 1.00 bits per heavy atom. The van der Waals surface area contributed by atoms with Crippen LogP contribution >= 0.6 is 22.6 Å². The normalized spacial score (nSPS) is 10.6. The minimum atomic E-state index is 0.575. The number of benzene rings is 1. The van der Waals surface area contributed by atoms with Crippen molar-refractivity contribution >= 4 is 22.6 Å². The van der Waals surface area contributed by atoms with Gasteiger partial charge in [0.2, 0.25) is 0 Å². The summed E-state index contributed by atoms with van der Waals surface area (Å²) in [6.45, 7) is 6.54. The van der Waals surface area contributed by atoms with E-state index in [1.54, 1.807) is 7.11 Å². The monoisotopic (exact) mass is 350 g/mol. The molecule has 0 radical (unpaired) electrons. The highest BCUT2D eigenvalue weighted by Gasteiger charge is 2.05. The van der Waals surface area contributed by atoms with Crippen LogP contribution in [0.5, 0.6) is 5.75 Å². The quantitative estimate of drug-likeness (QED) is 0.559. The first-order chi connectivity index (χ1) is 8.15. The molecule has 0 aromatic heterocycles. The third kappa shape index (κ3) is 5.23. The first kappa shape index (κ1) is 14.7. The van der Waals surface area contributed by atoms with Gasteiger partial charge in [0.25, 0.3) is 0 Å². The van der Waals surface area contributed by atoms with Crippen LogP contribution in [0.2, 0.25) is 0 Å². The van der Waals surface area contributed by atoms with Gasteiger partial charge in [-0.05, 0) is 59.7 Å². The van der Waals surface area contributed by atoms with Gasteiger partial charge < -0.3 is 14.2 Å². The summed E-state index contributed by atoms with van der Waals surface area (Å²) in [5, 5.41) is 0. The third-order valence-electron chi connectivity index (χ3n) is 2.33. The van der Waals surface area contributed by atoms with Gasteiger partial charge in [-0.15, -0.1) is 0 Å². The molecule has 0 atom stereocenters. The van der Waals surface area contributed by atoms with E-state index in [1.165, 1.54) is 14.7 Å². The molecular formula is C13H19IO3. The zero-order valence-electron chi connectivity index (χ0n) is 10.6. The molecule has 1 rings (SSSR count). The molecule has 0 bridgehead atoms. The fourth-order valence-corrected chi connectivity index (χ4v) is 2.51. The maximum atomic E-state index is 5.73. The SMILES string of the molecule is COCCOCCOc1c(C)cc(I)cc1C. The molecule has 0 heterocycles. The molecule has 0 unspecified atom stereocenters. The van der Waals surface area contributed by atoms with Crippen LogP contribution < -0.4 is 4.74 Å². The van der Waals surface area contributed by atoms with Crippen molar-refractivity contribution in [3.8, 4) is 5.75 Å². The Bertz CT molecular complexity index is 330. The minimum absolute atomic E-state index is 0.575. The zero-order chi connectivity index (χ0) is 12.7. The highest BCUT2D eigenvalue weighted by Crippen LogP contribution is 2.25. The second-order valence-corrected chi connectivity index (χ2v) is 5.07. The fraction of sp³-hybridized carbons (Fsp3) is 0.538. The molecule has 1 aromatic rings. The van der Waals surface area contributed by atoms with Crippen molar-refractivity contribution in [2.24, 2.45) is 0 Å². The van der Waals surface area contributed by atoms with Crippen molar-refractivity contribution < 1.29 is 14.2 Å². The fourth-order valence-electron chi connectivity index (χ4n) is 1.57. The van der Waals surface area contributed by atoms with Crippen molar-refractivity contribution in [3.63, 3.8) is 0 Å². The average molecular weight is 350 g/mol. The summed E-state index contributed by atoms with van der Waals surface area (Å²) in [6, 6.07) is 4.24. The molecule has 0 amide bonds. The zero-order valence-corrected chi connectivity index (χ0v) is 12.7. The topological polar surface area (TPSA) is 27.7 Å². The standard InChI is InChI=1S/C13H19IO3/c1-10-8-12(14)9-11(2)13(10)17-7-6-16-5-4-15-3/h8-9H,4-7H2,1-3H3. The predicted octanol–water partition coefficient (Wildman–Crippen LogP) is 2.95. The van der Waals surface area contributed by atoms with Crippen molar-refractivity contribution in [1.29, 1.82) is 0 Å². The minimum Gasteiger partial charge on any atom is -0.491 e. The average Bonchev–Trinajstić information content (AvgIpc) is 2.26. The lowest BCUT2D eigenvalue weighted by atomic mass is 10.1. The maximum absolute atomic E-state index is 5.73.